The molecule has 2 N–H and O–H groups in total. The third-order valence-corrected chi connectivity index (χ3v) is 11.0. The number of hydrogen-bond acceptors (Lipinski definition) is 11. The summed E-state index contributed by atoms with van der Waals surface area (Å²) in [6.07, 6.45) is 5.12. The predicted octanol–water partition coefficient (Wildman–Crippen LogP) is 3.53. The molecule has 2 aromatic carbocycles. The standard InChI is InChI=1S/C42H48N2O11/c1-41(2)24-51-40(50)36(41)53-34(46)18-13-26-11-7-8-12-30(26)39(49)52-32-22-27(23-33-35(32)55-42(54-33,28-14-15-28)29-16-17-29)38(48)44(3)31(37(47)43-19-20-45)21-25-9-5-4-6-10-25/h4-13,18,23,28-29,31-33,35-36,45H,14-17,19-22,24H2,1-3H3,(H,43,47). The minimum Gasteiger partial charge on any atom is -0.462 e. The van der Waals surface area contributed by atoms with Crippen LogP contribution in [-0.2, 0) is 49.3 Å². The number of carbonyl (C=O) groups is 5. The second kappa shape index (κ2) is 15.7. The maximum absolute atomic E-state index is 14.3. The van der Waals surface area contributed by atoms with Crippen LogP contribution in [0.4, 0.5) is 0 Å². The Morgan fingerprint density at radius 1 is 0.982 bits per heavy atom. The van der Waals surface area contributed by atoms with Crippen molar-refractivity contribution >= 4 is 35.8 Å². The van der Waals surface area contributed by atoms with Crippen LogP contribution in [-0.4, -0.2) is 103 Å². The van der Waals surface area contributed by atoms with Crippen LogP contribution in [0.1, 0.15) is 67.4 Å². The molecule has 2 heterocycles. The highest BCUT2D eigenvalue weighted by atomic mass is 16.8. The van der Waals surface area contributed by atoms with E-state index in [1.54, 1.807) is 51.2 Å². The Kier molecular flexibility index (Phi) is 11.0. The zero-order valence-corrected chi connectivity index (χ0v) is 31.3. The Balaban J connectivity index is 1.12. The number of rotatable bonds is 14. The van der Waals surface area contributed by atoms with Crippen LogP contribution < -0.4 is 5.32 Å². The largest absolute Gasteiger partial charge is 0.462 e. The van der Waals surface area contributed by atoms with Crippen LogP contribution in [0.2, 0.25) is 0 Å². The molecule has 13 heteroatoms. The molecule has 2 amide bonds. The lowest BCUT2D eigenvalue weighted by atomic mass is 9.90. The van der Waals surface area contributed by atoms with E-state index in [1.165, 1.54) is 11.0 Å². The second-order valence-corrected chi connectivity index (χ2v) is 15.7. The van der Waals surface area contributed by atoms with E-state index < -0.39 is 71.4 Å². The topological polar surface area (TPSA) is 167 Å². The number of nitrogens with zero attached hydrogens (tertiary/aromatic N) is 1. The van der Waals surface area contributed by atoms with Crippen LogP contribution in [0, 0.1) is 17.3 Å². The average molecular weight is 757 g/mol. The third kappa shape index (κ3) is 8.24. The van der Waals surface area contributed by atoms with Crippen LogP contribution in [0.3, 0.4) is 0 Å². The van der Waals surface area contributed by atoms with Gasteiger partial charge in [-0.3, -0.25) is 9.59 Å². The predicted molar refractivity (Wildman–Crippen MR) is 197 cm³/mol. The molecule has 2 aromatic rings. The highest BCUT2D eigenvalue weighted by Gasteiger charge is 2.64. The van der Waals surface area contributed by atoms with Crippen molar-refractivity contribution in [2.45, 2.75) is 88.6 Å². The van der Waals surface area contributed by atoms with Crippen molar-refractivity contribution in [2.75, 3.05) is 26.8 Å². The van der Waals surface area contributed by atoms with Crippen LogP contribution in [0.25, 0.3) is 6.08 Å². The fourth-order valence-electron chi connectivity index (χ4n) is 7.75. The smallest absolute Gasteiger partial charge is 0.348 e. The monoisotopic (exact) mass is 756 g/mol. The second-order valence-electron chi connectivity index (χ2n) is 15.7. The van der Waals surface area contributed by atoms with Gasteiger partial charge in [0.25, 0.3) is 0 Å². The molecule has 3 aliphatic carbocycles. The first-order valence-electron chi connectivity index (χ1n) is 19.0. The minimum absolute atomic E-state index is 0.0127. The van der Waals surface area contributed by atoms with Gasteiger partial charge in [0.1, 0.15) is 31.0 Å². The number of esters is 3. The van der Waals surface area contributed by atoms with Crippen molar-refractivity contribution in [1.29, 1.82) is 0 Å². The summed E-state index contributed by atoms with van der Waals surface area (Å²) in [5.41, 5.74) is 1.05. The van der Waals surface area contributed by atoms with Gasteiger partial charge in [-0.15, -0.1) is 0 Å². The molecule has 0 spiro atoms. The molecule has 13 nitrogen and oxygen atoms in total. The van der Waals surface area contributed by atoms with Crippen molar-refractivity contribution in [1.82, 2.24) is 10.2 Å². The Morgan fingerprint density at radius 3 is 2.33 bits per heavy atom. The summed E-state index contributed by atoms with van der Waals surface area (Å²) < 4.78 is 30.2. The number of nitrogens with one attached hydrogen (secondary N) is 1. The van der Waals surface area contributed by atoms with Crippen molar-refractivity contribution in [2.24, 2.45) is 17.3 Å². The van der Waals surface area contributed by atoms with Gasteiger partial charge >= 0.3 is 17.9 Å². The van der Waals surface area contributed by atoms with Gasteiger partial charge in [0.05, 0.1) is 12.2 Å². The molecule has 55 heavy (non-hydrogen) atoms. The maximum atomic E-state index is 14.3. The quantitative estimate of drug-likeness (QED) is 0.165. The zero-order chi connectivity index (χ0) is 38.9. The summed E-state index contributed by atoms with van der Waals surface area (Å²) in [6, 6.07) is 15.1. The average Bonchev–Trinajstić information content (AvgIpc) is 4.13. The van der Waals surface area contributed by atoms with Gasteiger partial charge in [-0.05, 0) is 55.0 Å². The molecule has 4 fully saturated rings. The van der Waals surface area contributed by atoms with Gasteiger partial charge in [0, 0.05) is 55.3 Å². The van der Waals surface area contributed by atoms with E-state index in [-0.39, 0.29) is 50.0 Å². The molecule has 2 saturated heterocycles. The lowest BCUT2D eigenvalue weighted by Crippen LogP contribution is -2.51. The Labute approximate surface area is 320 Å². The van der Waals surface area contributed by atoms with Crippen LogP contribution in [0.5, 0.6) is 0 Å². The van der Waals surface area contributed by atoms with Gasteiger partial charge in [0.15, 0.2) is 5.79 Å². The van der Waals surface area contributed by atoms with Gasteiger partial charge in [-0.2, -0.15) is 0 Å². The maximum Gasteiger partial charge on any atom is 0.348 e. The molecule has 7 rings (SSSR count). The zero-order valence-electron chi connectivity index (χ0n) is 31.3. The van der Waals surface area contributed by atoms with Gasteiger partial charge in [-0.25, -0.2) is 14.4 Å². The lowest BCUT2D eigenvalue weighted by Gasteiger charge is -2.33. The SMILES string of the molecule is CN(C(=O)C1=CC2OC(C3CC3)(C3CC3)OC2C(OC(=O)c2ccccc2C=CC(=O)OC2C(=O)OCC2(C)C)C1)C(Cc1ccccc1)C(=O)NCCO. The summed E-state index contributed by atoms with van der Waals surface area (Å²) in [5.74, 6) is -3.29. The third-order valence-electron chi connectivity index (χ3n) is 11.0. The fraction of sp³-hybridized carbons (Fsp3) is 0.500. The van der Waals surface area contributed by atoms with E-state index in [0.29, 0.717) is 11.1 Å². The first-order chi connectivity index (χ1) is 26.4. The van der Waals surface area contributed by atoms with E-state index in [1.807, 2.05) is 30.3 Å². The van der Waals surface area contributed by atoms with E-state index >= 15 is 0 Å². The molecule has 2 aliphatic heterocycles. The summed E-state index contributed by atoms with van der Waals surface area (Å²) in [4.78, 5) is 68.1. The number of likely N-dealkylation sites (N-methyl/N-ethyl adjacent to an activating group) is 1. The molecule has 5 aliphatic rings. The number of ether oxygens (including phenoxy) is 5. The first kappa shape index (κ1) is 38.4. The van der Waals surface area contributed by atoms with Crippen molar-refractivity contribution in [3.05, 3.63) is 89.0 Å². The van der Waals surface area contributed by atoms with Crippen molar-refractivity contribution in [3.63, 3.8) is 0 Å². The normalized spacial score (nSPS) is 25.7. The molecule has 0 radical (unpaired) electrons. The van der Waals surface area contributed by atoms with Crippen LogP contribution >= 0.6 is 0 Å². The highest BCUT2D eigenvalue weighted by Crippen LogP contribution is 2.59. The summed E-state index contributed by atoms with van der Waals surface area (Å²) >= 11 is 0. The van der Waals surface area contributed by atoms with Crippen molar-refractivity contribution < 1.29 is 52.8 Å². The van der Waals surface area contributed by atoms with E-state index in [9.17, 15) is 29.1 Å². The van der Waals surface area contributed by atoms with E-state index in [0.717, 1.165) is 37.3 Å². The molecule has 0 aromatic heterocycles. The van der Waals surface area contributed by atoms with Crippen molar-refractivity contribution in [3.8, 4) is 0 Å². The number of benzene rings is 2. The summed E-state index contributed by atoms with van der Waals surface area (Å²) in [7, 11) is 1.57. The van der Waals surface area contributed by atoms with Crippen LogP contribution in [0.15, 0.2) is 72.3 Å². The molecule has 0 bridgehead atoms. The number of fused-ring (bicyclic) bond motifs is 1. The summed E-state index contributed by atoms with van der Waals surface area (Å²) in [5, 5.41) is 12.1. The Hall–Kier alpha value is -4.85. The number of carbonyl (C=O) groups excluding carboxylic acids is 5. The number of aliphatic hydroxyl groups excluding tert-OH is 1. The summed E-state index contributed by atoms with van der Waals surface area (Å²) in [6.45, 7) is 3.46. The molecular weight excluding hydrogens is 708 g/mol. The minimum atomic E-state index is -1.05. The molecule has 292 valence electrons. The van der Waals surface area contributed by atoms with Gasteiger partial charge in [-0.1, -0.05) is 62.4 Å². The molecule has 5 atom stereocenters. The molecule has 2 saturated carbocycles. The first-order valence-corrected chi connectivity index (χ1v) is 19.0. The van der Waals surface area contributed by atoms with E-state index in [4.69, 9.17) is 23.7 Å². The Bertz CT molecular complexity index is 1850. The van der Waals surface area contributed by atoms with Gasteiger partial charge in [0.2, 0.25) is 17.9 Å². The number of aliphatic hydroxyl groups is 1. The highest BCUT2D eigenvalue weighted by molar-refractivity contribution is 5.98. The number of amides is 2. The fourth-order valence-corrected chi connectivity index (χ4v) is 7.75. The van der Waals surface area contributed by atoms with Gasteiger partial charge < -0.3 is 39.0 Å². The van der Waals surface area contributed by atoms with E-state index in [2.05, 4.69) is 5.32 Å². The Morgan fingerprint density at radius 2 is 1.67 bits per heavy atom. The number of cyclic esters (lactones) is 1. The molecule has 5 unspecified atom stereocenters. The number of hydrogen-bond donors (Lipinski definition) is 2. The molecular formula is C42H48N2O11. The lowest BCUT2D eigenvalue weighted by molar-refractivity contribution is -0.209.